The Morgan fingerprint density at radius 1 is 0.750 bits per heavy atom. The lowest BCUT2D eigenvalue weighted by Crippen LogP contribution is -2.51. The molecular formula is C30H36N4O2. The van der Waals surface area contributed by atoms with Gasteiger partial charge in [-0.1, -0.05) is 66.7 Å². The number of nitrogens with zero attached hydrogens (tertiary/aromatic N) is 2. The molecule has 6 nitrogen and oxygen atoms in total. The van der Waals surface area contributed by atoms with Crippen LogP contribution in [0.3, 0.4) is 0 Å². The van der Waals surface area contributed by atoms with Crippen LogP contribution >= 0.6 is 0 Å². The van der Waals surface area contributed by atoms with E-state index in [1.165, 1.54) is 16.7 Å². The molecule has 0 aromatic heterocycles. The second kappa shape index (κ2) is 12.0. The second-order valence-corrected chi connectivity index (χ2v) is 9.63. The van der Waals surface area contributed by atoms with Gasteiger partial charge in [0, 0.05) is 31.9 Å². The number of piperazine rings is 1. The van der Waals surface area contributed by atoms with Crippen molar-refractivity contribution in [1.29, 1.82) is 0 Å². The van der Waals surface area contributed by atoms with E-state index in [0.717, 1.165) is 43.0 Å². The lowest BCUT2D eigenvalue weighted by atomic mass is 10.0. The van der Waals surface area contributed by atoms with E-state index in [1.807, 2.05) is 57.2 Å². The summed E-state index contributed by atoms with van der Waals surface area (Å²) in [6, 6.07) is 24.5. The third-order valence-electron chi connectivity index (χ3n) is 6.97. The minimum Gasteiger partial charge on any atom is -0.348 e. The van der Waals surface area contributed by atoms with Crippen molar-refractivity contribution in [3.8, 4) is 11.1 Å². The van der Waals surface area contributed by atoms with Crippen LogP contribution in [0.2, 0.25) is 0 Å². The molecule has 2 amide bonds. The largest absolute Gasteiger partial charge is 0.348 e. The number of carbonyl (C=O) groups excluding carboxylic acids is 2. The van der Waals surface area contributed by atoms with Crippen molar-refractivity contribution >= 4 is 17.5 Å². The summed E-state index contributed by atoms with van der Waals surface area (Å²) in [6.45, 7) is 9.89. The number of hydrogen-bond acceptors (Lipinski definition) is 4. The molecule has 1 fully saturated rings. The topological polar surface area (TPSA) is 64.7 Å². The zero-order valence-corrected chi connectivity index (χ0v) is 21.5. The van der Waals surface area contributed by atoms with Gasteiger partial charge in [-0.05, 0) is 54.7 Å². The first-order chi connectivity index (χ1) is 17.4. The van der Waals surface area contributed by atoms with E-state index in [9.17, 15) is 9.59 Å². The lowest BCUT2D eigenvalue weighted by Gasteiger charge is -2.34. The van der Waals surface area contributed by atoms with Crippen molar-refractivity contribution in [2.24, 2.45) is 0 Å². The molecule has 0 bridgehead atoms. The van der Waals surface area contributed by atoms with Crippen molar-refractivity contribution in [3.05, 3.63) is 89.5 Å². The molecule has 1 atom stereocenters. The summed E-state index contributed by atoms with van der Waals surface area (Å²) < 4.78 is 0. The van der Waals surface area contributed by atoms with Crippen molar-refractivity contribution in [2.45, 2.75) is 26.8 Å². The first kappa shape index (κ1) is 25.6. The van der Waals surface area contributed by atoms with Crippen LogP contribution in [-0.2, 0) is 9.59 Å². The highest BCUT2D eigenvalue weighted by Crippen LogP contribution is 2.22. The van der Waals surface area contributed by atoms with Crippen LogP contribution in [0.5, 0.6) is 0 Å². The highest BCUT2D eigenvalue weighted by atomic mass is 16.2. The van der Waals surface area contributed by atoms with Gasteiger partial charge < -0.3 is 10.6 Å². The standard InChI is InChI=1S/C30H36N4O2/c1-22-8-7-11-28(23(22)2)32-30(36)21-34-18-16-33(17-19-34)20-29(35)31-24(3)25-12-14-27(15-13-25)26-9-5-4-6-10-26/h4-15,24H,16-21H2,1-3H3,(H,31,35)(H,32,36). The van der Waals surface area contributed by atoms with E-state index in [4.69, 9.17) is 0 Å². The van der Waals surface area contributed by atoms with Crippen LogP contribution in [-0.4, -0.2) is 60.9 Å². The Bertz CT molecular complexity index is 1170. The zero-order chi connectivity index (χ0) is 25.5. The molecule has 1 saturated heterocycles. The molecule has 0 aliphatic carbocycles. The molecule has 0 spiro atoms. The van der Waals surface area contributed by atoms with E-state index in [2.05, 4.69) is 56.8 Å². The number of aryl methyl sites for hydroxylation is 1. The van der Waals surface area contributed by atoms with E-state index < -0.39 is 0 Å². The Balaban J connectivity index is 1.19. The van der Waals surface area contributed by atoms with E-state index in [-0.39, 0.29) is 17.9 Å². The van der Waals surface area contributed by atoms with Crippen LogP contribution in [0, 0.1) is 13.8 Å². The third kappa shape index (κ3) is 6.80. The molecule has 0 radical (unpaired) electrons. The highest BCUT2D eigenvalue weighted by Gasteiger charge is 2.21. The molecule has 3 aromatic carbocycles. The number of benzene rings is 3. The molecule has 36 heavy (non-hydrogen) atoms. The summed E-state index contributed by atoms with van der Waals surface area (Å²) in [4.78, 5) is 29.5. The van der Waals surface area contributed by atoms with Crippen molar-refractivity contribution in [1.82, 2.24) is 15.1 Å². The number of nitrogens with one attached hydrogen (secondary N) is 2. The maximum atomic E-state index is 12.7. The summed E-state index contributed by atoms with van der Waals surface area (Å²) in [7, 11) is 0. The van der Waals surface area contributed by atoms with Gasteiger partial charge >= 0.3 is 0 Å². The molecule has 188 valence electrons. The first-order valence-corrected chi connectivity index (χ1v) is 12.6. The SMILES string of the molecule is Cc1cccc(NC(=O)CN2CCN(CC(=O)NC(C)c3ccc(-c4ccccc4)cc3)CC2)c1C. The predicted octanol–water partition coefficient (Wildman–Crippen LogP) is 4.40. The Labute approximate surface area is 214 Å². The quantitative estimate of drug-likeness (QED) is 0.497. The lowest BCUT2D eigenvalue weighted by molar-refractivity contribution is -0.124. The van der Waals surface area contributed by atoms with Crippen LogP contribution < -0.4 is 10.6 Å². The molecule has 3 aromatic rings. The smallest absolute Gasteiger partial charge is 0.238 e. The Kier molecular flexibility index (Phi) is 8.52. The summed E-state index contributed by atoms with van der Waals surface area (Å²) in [5, 5.41) is 6.16. The predicted molar refractivity (Wildman–Crippen MR) is 146 cm³/mol. The number of carbonyl (C=O) groups is 2. The highest BCUT2D eigenvalue weighted by molar-refractivity contribution is 5.93. The zero-order valence-electron chi connectivity index (χ0n) is 21.5. The summed E-state index contributed by atoms with van der Waals surface area (Å²) >= 11 is 0. The normalized spacial score (nSPS) is 15.3. The monoisotopic (exact) mass is 484 g/mol. The van der Waals surface area contributed by atoms with Gasteiger partial charge in [0.2, 0.25) is 11.8 Å². The van der Waals surface area contributed by atoms with Gasteiger partial charge in [-0.15, -0.1) is 0 Å². The Morgan fingerprint density at radius 2 is 1.33 bits per heavy atom. The minimum atomic E-state index is -0.0580. The minimum absolute atomic E-state index is 0.00185. The van der Waals surface area contributed by atoms with Crippen molar-refractivity contribution in [2.75, 3.05) is 44.6 Å². The first-order valence-electron chi connectivity index (χ1n) is 12.6. The Morgan fingerprint density at radius 3 is 1.97 bits per heavy atom. The molecule has 1 unspecified atom stereocenters. The molecule has 1 heterocycles. The maximum Gasteiger partial charge on any atom is 0.238 e. The second-order valence-electron chi connectivity index (χ2n) is 9.63. The fourth-order valence-electron chi connectivity index (χ4n) is 4.55. The summed E-state index contributed by atoms with van der Waals surface area (Å²) in [6.07, 6.45) is 0. The molecule has 1 aliphatic rings. The van der Waals surface area contributed by atoms with Crippen LogP contribution in [0.15, 0.2) is 72.8 Å². The fraction of sp³-hybridized carbons (Fsp3) is 0.333. The number of rotatable bonds is 8. The van der Waals surface area contributed by atoms with E-state index in [0.29, 0.717) is 13.1 Å². The molecular weight excluding hydrogens is 448 g/mol. The van der Waals surface area contributed by atoms with E-state index >= 15 is 0 Å². The van der Waals surface area contributed by atoms with Gasteiger partial charge in [-0.2, -0.15) is 0 Å². The molecule has 4 rings (SSSR count). The molecule has 0 saturated carbocycles. The number of anilines is 1. The number of hydrogen-bond donors (Lipinski definition) is 2. The molecule has 1 aliphatic heterocycles. The van der Waals surface area contributed by atoms with Gasteiger partial charge in [-0.25, -0.2) is 0 Å². The van der Waals surface area contributed by atoms with Gasteiger partial charge in [0.1, 0.15) is 0 Å². The van der Waals surface area contributed by atoms with Gasteiger partial charge in [-0.3, -0.25) is 19.4 Å². The number of amides is 2. The molecule has 6 heteroatoms. The van der Waals surface area contributed by atoms with Gasteiger partial charge in [0.15, 0.2) is 0 Å². The van der Waals surface area contributed by atoms with Gasteiger partial charge in [0.25, 0.3) is 0 Å². The summed E-state index contributed by atoms with van der Waals surface area (Å²) in [5.41, 5.74) is 6.57. The van der Waals surface area contributed by atoms with E-state index in [1.54, 1.807) is 0 Å². The third-order valence-corrected chi connectivity index (χ3v) is 6.97. The summed E-state index contributed by atoms with van der Waals surface area (Å²) in [5.74, 6) is 0.0257. The van der Waals surface area contributed by atoms with Crippen LogP contribution in [0.1, 0.15) is 29.7 Å². The average molecular weight is 485 g/mol. The average Bonchev–Trinajstić information content (AvgIpc) is 2.88. The van der Waals surface area contributed by atoms with Crippen LogP contribution in [0.25, 0.3) is 11.1 Å². The fourth-order valence-corrected chi connectivity index (χ4v) is 4.55. The van der Waals surface area contributed by atoms with Crippen molar-refractivity contribution < 1.29 is 9.59 Å². The maximum absolute atomic E-state index is 12.7. The molecule has 2 N–H and O–H groups in total. The Hall–Kier alpha value is -3.48. The van der Waals surface area contributed by atoms with Gasteiger partial charge in [0.05, 0.1) is 19.1 Å². The van der Waals surface area contributed by atoms with Crippen molar-refractivity contribution in [3.63, 3.8) is 0 Å². The van der Waals surface area contributed by atoms with Crippen LogP contribution in [0.4, 0.5) is 5.69 Å².